The summed E-state index contributed by atoms with van der Waals surface area (Å²) in [7, 11) is 0. The summed E-state index contributed by atoms with van der Waals surface area (Å²) in [6.45, 7) is 9.85. The molecule has 1 aliphatic heterocycles. The van der Waals surface area contributed by atoms with Gasteiger partial charge in [0.15, 0.2) is 0 Å². The van der Waals surface area contributed by atoms with E-state index in [0.29, 0.717) is 13.2 Å². The summed E-state index contributed by atoms with van der Waals surface area (Å²) >= 11 is 0. The first kappa shape index (κ1) is 14.5. The van der Waals surface area contributed by atoms with Crippen LogP contribution in [0.25, 0.3) is 0 Å². The quantitative estimate of drug-likeness (QED) is 0.854. The van der Waals surface area contributed by atoms with Crippen LogP contribution in [-0.2, 0) is 16.7 Å². The molecule has 2 rings (SSSR count). The number of nitrogens with one attached hydrogen (secondary N) is 1. The third-order valence-corrected chi connectivity index (χ3v) is 3.80. The van der Waals surface area contributed by atoms with Crippen LogP contribution in [0.15, 0.2) is 24.3 Å². The molecule has 1 aromatic carbocycles. The number of aliphatic hydroxyl groups is 1. The van der Waals surface area contributed by atoms with Crippen molar-refractivity contribution in [1.82, 2.24) is 5.32 Å². The fourth-order valence-electron chi connectivity index (χ4n) is 2.23. The molecule has 1 aliphatic rings. The zero-order valence-electron chi connectivity index (χ0n) is 12.2. The normalized spacial score (nSPS) is 18.1. The van der Waals surface area contributed by atoms with Crippen LogP contribution < -0.4 is 5.32 Å². The summed E-state index contributed by atoms with van der Waals surface area (Å²) in [4.78, 5) is 0. The smallest absolute Gasteiger partial charge is 0.0579 e. The predicted octanol–water partition coefficient (Wildman–Crippen LogP) is 2.08. The molecule has 3 nitrogen and oxygen atoms in total. The molecule has 0 bridgehead atoms. The highest BCUT2D eigenvalue weighted by Crippen LogP contribution is 2.26. The monoisotopic (exact) mass is 263 g/mol. The molecule has 106 valence electrons. The number of benzene rings is 1. The highest BCUT2D eigenvalue weighted by atomic mass is 16.5. The van der Waals surface area contributed by atoms with E-state index in [-0.39, 0.29) is 17.4 Å². The van der Waals surface area contributed by atoms with Crippen LogP contribution in [-0.4, -0.2) is 31.5 Å². The molecule has 2 N–H and O–H groups in total. The third-order valence-electron chi connectivity index (χ3n) is 3.80. The average molecular weight is 263 g/mol. The lowest BCUT2D eigenvalue weighted by Crippen LogP contribution is -2.52. The molecular formula is C16H25NO2. The van der Waals surface area contributed by atoms with Crippen LogP contribution in [0.1, 0.15) is 31.9 Å². The zero-order valence-corrected chi connectivity index (χ0v) is 12.2. The van der Waals surface area contributed by atoms with Crippen molar-refractivity contribution >= 4 is 0 Å². The molecule has 1 heterocycles. The SMILES string of the molecule is CC(C)(C)c1ccc(CNCC2(CO)COC2)cc1. The molecule has 0 aromatic heterocycles. The second kappa shape index (κ2) is 5.61. The molecule has 19 heavy (non-hydrogen) atoms. The van der Waals surface area contributed by atoms with E-state index in [1.54, 1.807) is 0 Å². The molecule has 0 aliphatic carbocycles. The minimum atomic E-state index is -0.0502. The van der Waals surface area contributed by atoms with E-state index in [2.05, 4.69) is 50.4 Å². The van der Waals surface area contributed by atoms with Crippen LogP contribution >= 0.6 is 0 Å². The molecule has 0 saturated carbocycles. The van der Waals surface area contributed by atoms with E-state index in [4.69, 9.17) is 4.74 Å². The Balaban J connectivity index is 1.83. The van der Waals surface area contributed by atoms with Gasteiger partial charge in [-0.3, -0.25) is 0 Å². The van der Waals surface area contributed by atoms with Gasteiger partial charge in [0.2, 0.25) is 0 Å². The molecule has 1 saturated heterocycles. The minimum Gasteiger partial charge on any atom is -0.396 e. The highest BCUT2D eigenvalue weighted by molar-refractivity contribution is 5.27. The fourth-order valence-corrected chi connectivity index (χ4v) is 2.23. The second-order valence-electron chi connectivity index (χ2n) is 6.70. The van der Waals surface area contributed by atoms with Gasteiger partial charge in [0.25, 0.3) is 0 Å². The van der Waals surface area contributed by atoms with Crippen LogP contribution in [0.5, 0.6) is 0 Å². The van der Waals surface area contributed by atoms with Crippen molar-refractivity contribution in [3.05, 3.63) is 35.4 Å². The van der Waals surface area contributed by atoms with E-state index < -0.39 is 0 Å². The maximum Gasteiger partial charge on any atom is 0.0579 e. The van der Waals surface area contributed by atoms with Crippen molar-refractivity contribution in [2.75, 3.05) is 26.4 Å². The molecule has 0 unspecified atom stereocenters. The van der Waals surface area contributed by atoms with E-state index >= 15 is 0 Å². The van der Waals surface area contributed by atoms with Crippen LogP contribution in [0.2, 0.25) is 0 Å². The molecule has 0 amide bonds. The van der Waals surface area contributed by atoms with Crippen molar-refractivity contribution in [3.63, 3.8) is 0 Å². The first-order chi connectivity index (χ1) is 8.95. The number of hydrogen-bond donors (Lipinski definition) is 2. The number of ether oxygens (including phenoxy) is 1. The Morgan fingerprint density at radius 2 is 1.84 bits per heavy atom. The minimum absolute atomic E-state index is 0.0502. The lowest BCUT2D eigenvalue weighted by molar-refractivity contribution is -0.134. The highest BCUT2D eigenvalue weighted by Gasteiger charge is 2.37. The summed E-state index contributed by atoms with van der Waals surface area (Å²) in [5, 5.41) is 12.8. The predicted molar refractivity (Wildman–Crippen MR) is 77.2 cm³/mol. The van der Waals surface area contributed by atoms with Gasteiger partial charge in [0, 0.05) is 13.1 Å². The Kier molecular flexibility index (Phi) is 4.29. The molecule has 0 atom stereocenters. The van der Waals surface area contributed by atoms with Crippen molar-refractivity contribution in [1.29, 1.82) is 0 Å². The first-order valence-corrected chi connectivity index (χ1v) is 6.94. The first-order valence-electron chi connectivity index (χ1n) is 6.94. The van der Waals surface area contributed by atoms with Gasteiger partial charge in [0.1, 0.15) is 0 Å². The zero-order chi connectivity index (χ0) is 13.9. The summed E-state index contributed by atoms with van der Waals surface area (Å²) in [6, 6.07) is 8.75. The van der Waals surface area contributed by atoms with Crippen molar-refractivity contribution in [2.45, 2.75) is 32.7 Å². The molecular weight excluding hydrogens is 238 g/mol. The maximum atomic E-state index is 9.34. The molecule has 3 heteroatoms. The third kappa shape index (κ3) is 3.56. The fraction of sp³-hybridized carbons (Fsp3) is 0.625. The number of aliphatic hydroxyl groups excluding tert-OH is 1. The lowest BCUT2D eigenvalue weighted by atomic mass is 9.86. The second-order valence-corrected chi connectivity index (χ2v) is 6.70. The Morgan fingerprint density at radius 3 is 2.26 bits per heavy atom. The molecule has 1 fully saturated rings. The molecule has 0 spiro atoms. The Labute approximate surface area is 116 Å². The van der Waals surface area contributed by atoms with Gasteiger partial charge < -0.3 is 15.2 Å². The van der Waals surface area contributed by atoms with Gasteiger partial charge in [-0.2, -0.15) is 0 Å². The lowest BCUT2D eigenvalue weighted by Gasteiger charge is -2.40. The van der Waals surface area contributed by atoms with E-state index in [1.165, 1.54) is 11.1 Å². The Morgan fingerprint density at radius 1 is 1.21 bits per heavy atom. The Bertz CT molecular complexity index is 396. The molecule has 0 radical (unpaired) electrons. The Hall–Kier alpha value is -0.900. The van der Waals surface area contributed by atoms with Gasteiger partial charge in [-0.05, 0) is 16.5 Å². The summed E-state index contributed by atoms with van der Waals surface area (Å²) in [5.74, 6) is 0. The van der Waals surface area contributed by atoms with Crippen LogP contribution in [0.3, 0.4) is 0 Å². The largest absolute Gasteiger partial charge is 0.396 e. The van der Waals surface area contributed by atoms with Crippen molar-refractivity contribution < 1.29 is 9.84 Å². The van der Waals surface area contributed by atoms with E-state index in [1.807, 2.05) is 0 Å². The van der Waals surface area contributed by atoms with Gasteiger partial charge in [-0.1, -0.05) is 45.0 Å². The number of rotatable bonds is 5. The van der Waals surface area contributed by atoms with Crippen molar-refractivity contribution in [3.8, 4) is 0 Å². The van der Waals surface area contributed by atoms with Gasteiger partial charge in [-0.15, -0.1) is 0 Å². The van der Waals surface area contributed by atoms with Gasteiger partial charge in [-0.25, -0.2) is 0 Å². The van der Waals surface area contributed by atoms with E-state index in [0.717, 1.165) is 13.1 Å². The van der Waals surface area contributed by atoms with Crippen molar-refractivity contribution in [2.24, 2.45) is 5.41 Å². The summed E-state index contributed by atoms with van der Waals surface area (Å²) < 4.78 is 5.19. The standard InChI is InChI=1S/C16H25NO2/c1-15(2,3)14-6-4-13(5-7-14)8-17-9-16(10-18)11-19-12-16/h4-7,17-18H,8-12H2,1-3H3. The van der Waals surface area contributed by atoms with E-state index in [9.17, 15) is 5.11 Å². The maximum absolute atomic E-state index is 9.34. The van der Waals surface area contributed by atoms with Gasteiger partial charge in [0.05, 0.1) is 25.2 Å². The topological polar surface area (TPSA) is 41.5 Å². The average Bonchev–Trinajstić information content (AvgIpc) is 2.32. The van der Waals surface area contributed by atoms with Crippen LogP contribution in [0.4, 0.5) is 0 Å². The number of hydrogen-bond acceptors (Lipinski definition) is 3. The van der Waals surface area contributed by atoms with Crippen LogP contribution in [0, 0.1) is 5.41 Å². The van der Waals surface area contributed by atoms with Gasteiger partial charge >= 0.3 is 0 Å². The summed E-state index contributed by atoms with van der Waals surface area (Å²) in [6.07, 6.45) is 0. The molecule has 1 aromatic rings. The summed E-state index contributed by atoms with van der Waals surface area (Å²) in [5.41, 5.74) is 2.79.